The van der Waals surface area contributed by atoms with Crippen molar-refractivity contribution in [1.82, 2.24) is 5.32 Å². The molecule has 0 aliphatic rings. The molecule has 0 saturated heterocycles. The van der Waals surface area contributed by atoms with Crippen LogP contribution in [-0.2, 0) is 6.54 Å². The summed E-state index contributed by atoms with van der Waals surface area (Å²) in [6, 6.07) is 6.86. The molecule has 16 heavy (non-hydrogen) atoms. The van der Waals surface area contributed by atoms with Crippen LogP contribution < -0.4 is 10.1 Å². The lowest BCUT2D eigenvalue weighted by Crippen LogP contribution is -2.23. The van der Waals surface area contributed by atoms with Crippen LogP contribution in [0.2, 0.25) is 0 Å². The number of halogens is 2. The highest BCUT2D eigenvalue weighted by Gasteiger charge is 2.08. The van der Waals surface area contributed by atoms with E-state index in [0.29, 0.717) is 12.1 Å². The van der Waals surface area contributed by atoms with Gasteiger partial charge in [-0.2, -0.15) is 8.78 Å². The number of hydrogen-bond acceptors (Lipinski definition) is 2. The zero-order valence-corrected chi connectivity index (χ0v) is 9.12. The number of hydrogen-bond donors (Lipinski definition) is 1. The van der Waals surface area contributed by atoms with Crippen molar-refractivity contribution >= 4 is 0 Å². The summed E-state index contributed by atoms with van der Waals surface area (Å²) in [7, 11) is 0. The van der Waals surface area contributed by atoms with Gasteiger partial charge in [-0.05, 0) is 13.0 Å². The molecule has 1 aromatic carbocycles. The second-order valence-electron chi connectivity index (χ2n) is 3.39. The van der Waals surface area contributed by atoms with E-state index in [1.807, 2.05) is 6.92 Å². The van der Waals surface area contributed by atoms with Crippen molar-refractivity contribution in [2.45, 2.75) is 26.1 Å². The van der Waals surface area contributed by atoms with Crippen LogP contribution in [0.4, 0.5) is 8.78 Å². The van der Waals surface area contributed by atoms with Crippen LogP contribution in [-0.4, -0.2) is 12.7 Å². The third-order valence-corrected chi connectivity index (χ3v) is 2.16. The standard InChI is InChI=1S/C12H15F2NO/c1-3-9(2)15-8-10-6-4-5-7-11(10)16-12(13)14/h3-7,9,12,15H,1,8H2,2H3. The van der Waals surface area contributed by atoms with E-state index in [0.717, 1.165) is 0 Å². The molecule has 0 aromatic heterocycles. The van der Waals surface area contributed by atoms with Gasteiger partial charge in [0.15, 0.2) is 0 Å². The molecule has 1 atom stereocenters. The first-order valence-electron chi connectivity index (χ1n) is 5.02. The minimum absolute atomic E-state index is 0.125. The van der Waals surface area contributed by atoms with E-state index in [1.165, 1.54) is 6.07 Å². The van der Waals surface area contributed by atoms with Gasteiger partial charge < -0.3 is 10.1 Å². The normalized spacial score (nSPS) is 12.5. The van der Waals surface area contributed by atoms with E-state index in [1.54, 1.807) is 24.3 Å². The Hall–Kier alpha value is -1.42. The lowest BCUT2D eigenvalue weighted by atomic mass is 10.2. The third kappa shape index (κ3) is 3.98. The summed E-state index contributed by atoms with van der Waals surface area (Å²) >= 11 is 0. The fourth-order valence-corrected chi connectivity index (χ4v) is 1.22. The van der Waals surface area contributed by atoms with Gasteiger partial charge in [0, 0.05) is 18.2 Å². The zero-order valence-electron chi connectivity index (χ0n) is 9.12. The second-order valence-corrected chi connectivity index (χ2v) is 3.39. The van der Waals surface area contributed by atoms with Crippen molar-refractivity contribution in [3.63, 3.8) is 0 Å². The van der Waals surface area contributed by atoms with Crippen LogP contribution in [0, 0.1) is 0 Å². The predicted octanol–water partition coefficient (Wildman–Crippen LogP) is 2.95. The molecule has 0 heterocycles. The largest absolute Gasteiger partial charge is 0.434 e. The fourth-order valence-electron chi connectivity index (χ4n) is 1.22. The molecule has 0 saturated carbocycles. The maximum Gasteiger partial charge on any atom is 0.387 e. The van der Waals surface area contributed by atoms with Gasteiger partial charge in [-0.3, -0.25) is 0 Å². The molecule has 0 spiro atoms. The fraction of sp³-hybridized carbons (Fsp3) is 0.333. The average Bonchev–Trinajstić information content (AvgIpc) is 2.26. The first-order valence-corrected chi connectivity index (χ1v) is 5.02. The number of para-hydroxylation sites is 1. The van der Waals surface area contributed by atoms with Crippen molar-refractivity contribution in [3.8, 4) is 5.75 Å². The summed E-state index contributed by atoms with van der Waals surface area (Å²) in [4.78, 5) is 0. The Morgan fingerprint density at radius 3 is 2.75 bits per heavy atom. The Kier molecular flexibility index (Phi) is 4.92. The number of benzene rings is 1. The molecule has 0 aliphatic heterocycles. The summed E-state index contributed by atoms with van der Waals surface area (Å²) in [6.07, 6.45) is 1.75. The van der Waals surface area contributed by atoms with Crippen LogP contribution in [0.1, 0.15) is 12.5 Å². The number of nitrogens with one attached hydrogen (secondary N) is 1. The van der Waals surface area contributed by atoms with E-state index in [2.05, 4.69) is 16.6 Å². The van der Waals surface area contributed by atoms with Crippen molar-refractivity contribution < 1.29 is 13.5 Å². The predicted molar refractivity (Wildman–Crippen MR) is 59.6 cm³/mol. The molecule has 1 rings (SSSR count). The van der Waals surface area contributed by atoms with Crippen molar-refractivity contribution in [3.05, 3.63) is 42.5 Å². The van der Waals surface area contributed by atoms with Gasteiger partial charge in [-0.1, -0.05) is 24.3 Å². The van der Waals surface area contributed by atoms with Gasteiger partial charge >= 0.3 is 6.61 Å². The molecule has 0 aliphatic carbocycles. The lowest BCUT2D eigenvalue weighted by Gasteiger charge is -2.13. The van der Waals surface area contributed by atoms with E-state index >= 15 is 0 Å². The SMILES string of the molecule is C=CC(C)NCc1ccccc1OC(F)F. The molecule has 4 heteroatoms. The molecule has 1 unspecified atom stereocenters. The van der Waals surface area contributed by atoms with Crippen molar-refractivity contribution in [2.75, 3.05) is 0 Å². The van der Waals surface area contributed by atoms with E-state index in [9.17, 15) is 8.78 Å². The number of alkyl halides is 2. The van der Waals surface area contributed by atoms with E-state index in [4.69, 9.17) is 0 Å². The Labute approximate surface area is 93.9 Å². The highest BCUT2D eigenvalue weighted by atomic mass is 19.3. The summed E-state index contributed by atoms with van der Waals surface area (Å²) in [5.41, 5.74) is 0.705. The van der Waals surface area contributed by atoms with Gasteiger partial charge in [0.1, 0.15) is 5.75 Å². The van der Waals surface area contributed by atoms with Crippen molar-refractivity contribution in [1.29, 1.82) is 0 Å². The van der Waals surface area contributed by atoms with Gasteiger partial charge in [0.2, 0.25) is 0 Å². The Bertz CT molecular complexity index is 342. The van der Waals surface area contributed by atoms with Crippen LogP contribution in [0.5, 0.6) is 5.75 Å². The molecule has 2 nitrogen and oxygen atoms in total. The zero-order chi connectivity index (χ0) is 12.0. The molecule has 1 N–H and O–H groups in total. The van der Waals surface area contributed by atoms with Gasteiger partial charge in [-0.25, -0.2) is 0 Å². The molecule has 0 fully saturated rings. The maximum absolute atomic E-state index is 12.1. The average molecular weight is 227 g/mol. The highest BCUT2D eigenvalue weighted by Crippen LogP contribution is 2.19. The van der Waals surface area contributed by atoms with E-state index in [-0.39, 0.29) is 11.8 Å². The molecule has 88 valence electrons. The highest BCUT2D eigenvalue weighted by molar-refractivity contribution is 5.33. The molecule has 0 radical (unpaired) electrons. The molecule has 1 aromatic rings. The summed E-state index contributed by atoms with van der Waals surface area (Å²) in [6.45, 7) is 3.24. The second kappa shape index (κ2) is 6.23. The lowest BCUT2D eigenvalue weighted by molar-refractivity contribution is -0.0505. The minimum Gasteiger partial charge on any atom is -0.434 e. The molecule has 0 amide bonds. The Morgan fingerprint density at radius 2 is 2.12 bits per heavy atom. The number of ether oxygens (including phenoxy) is 1. The summed E-state index contributed by atoms with van der Waals surface area (Å²) < 4.78 is 28.6. The topological polar surface area (TPSA) is 21.3 Å². The van der Waals surface area contributed by atoms with Gasteiger partial charge in [-0.15, -0.1) is 6.58 Å². The third-order valence-electron chi connectivity index (χ3n) is 2.16. The van der Waals surface area contributed by atoms with E-state index < -0.39 is 6.61 Å². The Morgan fingerprint density at radius 1 is 1.44 bits per heavy atom. The minimum atomic E-state index is -2.79. The van der Waals surface area contributed by atoms with Crippen LogP contribution in [0.3, 0.4) is 0 Å². The summed E-state index contributed by atoms with van der Waals surface area (Å²) in [5.74, 6) is 0.210. The van der Waals surface area contributed by atoms with Crippen LogP contribution in [0.15, 0.2) is 36.9 Å². The van der Waals surface area contributed by atoms with Crippen LogP contribution >= 0.6 is 0 Å². The first-order chi connectivity index (χ1) is 7.63. The molecular weight excluding hydrogens is 212 g/mol. The monoisotopic (exact) mass is 227 g/mol. The molecule has 0 bridgehead atoms. The maximum atomic E-state index is 12.1. The number of rotatable bonds is 6. The van der Waals surface area contributed by atoms with Gasteiger partial charge in [0.25, 0.3) is 0 Å². The van der Waals surface area contributed by atoms with Crippen molar-refractivity contribution in [2.24, 2.45) is 0 Å². The Balaban J connectivity index is 2.67. The smallest absolute Gasteiger partial charge is 0.387 e. The van der Waals surface area contributed by atoms with Gasteiger partial charge in [0.05, 0.1) is 0 Å². The summed E-state index contributed by atoms with van der Waals surface area (Å²) in [5, 5.41) is 3.12. The quantitative estimate of drug-likeness (QED) is 0.754. The van der Waals surface area contributed by atoms with Crippen LogP contribution in [0.25, 0.3) is 0 Å². The first kappa shape index (κ1) is 12.6. The molecular formula is C12H15F2NO.